The number of methoxy groups -OCH3 is 1. The highest BCUT2D eigenvalue weighted by Crippen LogP contribution is 2.10. The summed E-state index contributed by atoms with van der Waals surface area (Å²) in [6, 6.07) is 0. The number of esters is 1. The van der Waals surface area contributed by atoms with Crippen LogP contribution >= 0.6 is 0 Å². The number of amides is 1. The first-order chi connectivity index (χ1) is 7.72. The van der Waals surface area contributed by atoms with Gasteiger partial charge in [-0.3, -0.25) is 9.59 Å². The fourth-order valence-corrected chi connectivity index (χ4v) is 1.46. The lowest BCUT2D eigenvalue weighted by molar-refractivity contribution is -0.141. The van der Waals surface area contributed by atoms with E-state index >= 15 is 0 Å². The normalized spacial score (nSPS) is 19.4. The van der Waals surface area contributed by atoms with Gasteiger partial charge in [-0.05, 0) is 12.8 Å². The average molecular weight is 230 g/mol. The van der Waals surface area contributed by atoms with E-state index in [4.69, 9.17) is 4.74 Å². The molecule has 1 amide bonds. The van der Waals surface area contributed by atoms with Gasteiger partial charge in [-0.15, -0.1) is 0 Å². The summed E-state index contributed by atoms with van der Waals surface area (Å²) in [7, 11) is 1.28. The van der Waals surface area contributed by atoms with Crippen molar-refractivity contribution in [3.63, 3.8) is 0 Å². The van der Waals surface area contributed by atoms with E-state index in [1.165, 1.54) is 7.11 Å². The Balaban J connectivity index is 1.99. The topological polar surface area (TPSA) is 76.7 Å². The second-order valence-corrected chi connectivity index (χ2v) is 3.62. The van der Waals surface area contributed by atoms with Gasteiger partial charge in [0.05, 0.1) is 19.8 Å². The van der Waals surface area contributed by atoms with Crippen molar-refractivity contribution in [3.05, 3.63) is 0 Å². The van der Waals surface area contributed by atoms with E-state index in [1.807, 2.05) is 0 Å². The largest absolute Gasteiger partial charge is 0.468 e. The maximum atomic E-state index is 11.2. The molecule has 6 heteroatoms. The second-order valence-electron chi connectivity index (χ2n) is 3.62. The van der Waals surface area contributed by atoms with Gasteiger partial charge < -0.3 is 20.1 Å². The second kappa shape index (κ2) is 7.19. The molecule has 0 saturated carbocycles. The minimum Gasteiger partial charge on any atom is -0.468 e. The smallest absolute Gasteiger partial charge is 0.325 e. The van der Waals surface area contributed by atoms with Crippen LogP contribution < -0.4 is 10.6 Å². The Bertz CT molecular complexity index is 239. The van der Waals surface area contributed by atoms with Crippen LogP contribution in [0, 0.1) is 0 Å². The van der Waals surface area contributed by atoms with Crippen molar-refractivity contribution in [2.75, 3.05) is 33.4 Å². The summed E-state index contributed by atoms with van der Waals surface area (Å²) in [4.78, 5) is 21.9. The van der Waals surface area contributed by atoms with Crippen LogP contribution in [-0.4, -0.2) is 51.3 Å². The van der Waals surface area contributed by atoms with E-state index in [0.29, 0.717) is 6.54 Å². The monoisotopic (exact) mass is 230 g/mol. The highest BCUT2D eigenvalue weighted by atomic mass is 16.5. The molecule has 0 aromatic rings. The van der Waals surface area contributed by atoms with Crippen molar-refractivity contribution in [1.82, 2.24) is 10.6 Å². The number of carbonyl (C=O) groups excluding carboxylic acids is 2. The van der Waals surface area contributed by atoms with Crippen LogP contribution in [-0.2, 0) is 19.1 Å². The summed E-state index contributed by atoms with van der Waals surface area (Å²) in [5.41, 5.74) is 0. The summed E-state index contributed by atoms with van der Waals surface area (Å²) in [5, 5.41) is 5.42. The van der Waals surface area contributed by atoms with E-state index in [2.05, 4.69) is 15.4 Å². The van der Waals surface area contributed by atoms with Crippen LogP contribution in [0.5, 0.6) is 0 Å². The van der Waals surface area contributed by atoms with Crippen LogP contribution in [0.2, 0.25) is 0 Å². The zero-order chi connectivity index (χ0) is 11.8. The molecule has 1 rings (SSSR count). The van der Waals surface area contributed by atoms with E-state index in [1.54, 1.807) is 0 Å². The van der Waals surface area contributed by atoms with Gasteiger partial charge >= 0.3 is 5.97 Å². The number of rotatable bonds is 6. The van der Waals surface area contributed by atoms with Crippen LogP contribution in [0.4, 0.5) is 0 Å². The van der Waals surface area contributed by atoms with Crippen molar-refractivity contribution in [2.45, 2.75) is 18.9 Å². The van der Waals surface area contributed by atoms with Crippen LogP contribution in [0.3, 0.4) is 0 Å². The molecule has 1 aliphatic heterocycles. The third kappa shape index (κ3) is 5.09. The van der Waals surface area contributed by atoms with Crippen LogP contribution in [0.15, 0.2) is 0 Å². The molecular weight excluding hydrogens is 212 g/mol. The van der Waals surface area contributed by atoms with Gasteiger partial charge in [0, 0.05) is 13.2 Å². The molecule has 1 fully saturated rings. The van der Waals surface area contributed by atoms with Crippen molar-refractivity contribution >= 4 is 11.9 Å². The van der Waals surface area contributed by atoms with Crippen molar-refractivity contribution in [1.29, 1.82) is 0 Å². The van der Waals surface area contributed by atoms with Gasteiger partial charge in [-0.2, -0.15) is 0 Å². The third-order valence-corrected chi connectivity index (χ3v) is 2.34. The summed E-state index contributed by atoms with van der Waals surface area (Å²) in [6.07, 6.45) is 2.34. The molecule has 0 spiro atoms. The zero-order valence-corrected chi connectivity index (χ0v) is 9.45. The van der Waals surface area contributed by atoms with Gasteiger partial charge in [-0.1, -0.05) is 0 Å². The molecule has 1 heterocycles. The SMILES string of the molecule is COC(=O)CNC(=O)CNCC1CCCO1. The Morgan fingerprint density at radius 2 is 2.25 bits per heavy atom. The van der Waals surface area contributed by atoms with Crippen LogP contribution in [0.1, 0.15) is 12.8 Å². The predicted molar refractivity (Wildman–Crippen MR) is 56.9 cm³/mol. The molecule has 0 bridgehead atoms. The minimum atomic E-state index is -0.451. The summed E-state index contributed by atoms with van der Waals surface area (Å²) < 4.78 is 9.77. The number of hydrogen-bond donors (Lipinski definition) is 2. The zero-order valence-electron chi connectivity index (χ0n) is 9.45. The maximum absolute atomic E-state index is 11.2. The lowest BCUT2D eigenvalue weighted by atomic mass is 10.2. The fraction of sp³-hybridized carbons (Fsp3) is 0.800. The first-order valence-electron chi connectivity index (χ1n) is 5.38. The highest BCUT2D eigenvalue weighted by molar-refractivity contribution is 5.83. The van der Waals surface area contributed by atoms with Gasteiger partial charge in [0.1, 0.15) is 6.54 Å². The minimum absolute atomic E-state index is 0.0864. The molecule has 1 aliphatic rings. The molecule has 16 heavy (non-hydrogen) atoms. The van der Waals surface area contributed by atoms with Gasteiger partial charge in [0.25, 0.3) is 0 Å². The lowest BCUT2D eigenvalue weighted by Gasteiger charge is -2.10. The number of ether oxygens (including phenoxy) is 2. The fourth-order valence-electron chi connectivity index (χ4n) is 1.46. The van der Waals surface area contributed by atoms with E-state index in [9.17, 15) is 9.59 Å². The maximum Gasteiger partial charge on any atom is 0.325 e. The Labute approximate surface area is 94.7 Å². The average Bonchev–Trinajstić information content (AvgIpc) is 2.79. The summed E-state index contributed by atoms with van der Waals surface area (Å²) >= 11 is 0. The molecule has 0 radical (unpaired) electrons. The van der Waals surface area contributed by atoms with E-state index in [-0.39, 0.29) is 25.1 Å². The molecule has 6 nitrogen and oxygen atoms in total. The quantitative estimate of drug-likeness (QED) is 0.575. The third-order valence-electron chi connectivity index (χ3n) is 2.34. The molecular formula is C10H18N2O4. The van der Waals surface area contributed by atoms with Crippen molar-refractivity contribution in [2.24, 2.45) is 0 Å². The van der Waals surface area contributed by atoms with Gasteiger partial charge in [0.2, 0.25) is 5.91 Å². The van der Waals surface area contributed by atoms with Crippen LogP contribution in [0.25, 0.3) is 0 Å². The Kier molecular flexibility index (Phi) is 5.81. The Hall–Kier alpha value is -1.14. The molecule has 0 aromatic heterocycles. The van der Waals surface area contributed by atoms with Gasteiger partial charge in [0.15, 0.2) is 0 Å². The number of carbonyl (C=O) groups is 2. The van der Waals surface area contributed by atoms with E-state index < -0.39 is 5.97 Å². The molecule has 92 valence electrons. The van der Waals surface area contributed by atoms with E-state index in [0.717, 1.165) is 19.4 Å². The molecule has 2 N–H and O–H groups in total. The molecule has 0 aliphatic carbocycles. The van der Waals surface area contributed by atoms with Crippen molar-refractivity contribution in [3.8, 4) is 0 Å². The number of hydrogen-bond acceptors (Lipinski definition) is 5. The molecule has 1 saturated heterocycles. The molecule has 1 atom stereocenters. The predicted octanol–water partition coefficient (Wildman–Crippen LogP) is -0.956. The molecule has 1 unspecified atom stereocenters. The Morgan fingerprint density at radius 1 is 1.44 bits per heavy atom. The van der Waals surface area contributed by atoms with Gasteiger partial charge in [-0.25, -0.2) is 0 Å². The summed E-state index contributed by atoms with van der Waals surface area (Å²) in [6.45, 7) is 1.58. The lowest BCUT2D eigenvalue weighted by Crippen LogP contribution is -2.39. The summed E-state index contributed by atoms with van der Waals surface area (Å²) in [5.74, 6) is -0.670. The highest BCUT2D eigenvalue weighted by Gasteiger charge is 2.15. The first-order valence-corrected chi connectivity index (χ1v) is 5.38. The van der Waals surface area contributed by atoms with Crippen molar-refractivity contribution < 1.29 is 19.1 Å². The Morgan fingerprint density at radius 3 is 2.88 bits per heavy atom. The first kappa shape index (κ1) is 12.9. The number of nitrogens with one attached hydrogen (secondary N) is 2. The molecule has 0 aromatic carbocycles. The standard InChI is InChI=1S/C10H18N2O4/c1-15-10(14)7-12-9(13)6-11-5-8-3-2-4-16-8/h8,11H,2-7H2,1H3,(H,12,13).